The van der Waals surface area contributed by atoms with Crippen molar-refractivity contribution in [1.82, 2.24) is 4.31 Å². The first-order valence-corrected chi connectivity index (χ1v) is 25.1. The first-order chi connectivity index (χ1) is 31.4. The molecule has 12 nitrogen and oxygen atoms in total. The quantitative estimate of drug-likeness (QED) is 0.0807. The predicted octanol–water partition coefficient (Wildman–Crippen LogP) is 9.32. The van der Waals surface area contributed by atoms with Crippen LogP contribution in [0, 0.1) is 23.2 Å². The number of ether oxygens (including phenoxy) is 5. The smallest absolute Gasteiger partial charge is 0.337 e. The van der Waals surface area contributed by atoms with E-state index in [2.05, 4.69) is 13.8 Å². The van der Waals surface area contributed by atoms with Gasteiger partial charge in [0.15, 0.2) is 5.79 Å². The van der Waals surface area contributed by atoms with Gasteiger partial charge in [-0.05, 0) is 114 Å². The van der Waals surface area contributed by atoms with Crippen molar-refractivity contribution in [3.8, 4) is 21.9 Å². The van der Waals surface area contributed by atoms with Gasteiger partial charge in [0.05, 0.1) is 54.1 Å². The maximum absolute atomic E-state index is 14.1. The molecule has 1 aliphatic carbocycles. The fourth-order valence-corrected chi connectivity index (χ4v) is 12.9. The summed E-state index contributed by atoms with van der Waals surface area (Å²) >= 11 is 1.59. The number of hydrogen-bond acceptors (Lipinski definition) is 11. The normalized spacial score (nSPS) is 21.1. The topological polar surface area (TPSA) is 158 Å². The molecule has 0 bridgehead atoms. The van der Waals surface area contributed by atoms with Gasteiger partial charge >= 0.3 is 11.9 Å². The lowest BCUT2D eigenvalue weighted by atomic mass is 9.75. The Bertz CT molecular complexity index is 2660. The standard InChI is InChI=1S/C52H61NO11S2/c1-32(2)28-53(66(58,59)39-19-17-37(60-6)18-20-39)29-43(54)36(26-46(55)64-44-31-63-52(5)42(44)22-24-62-52)25-33-11-15-38(16-12-33)61-30-35-14-13-34-9-7-8-10-40(34)47(35)49-48(50(56)57)41-27-51(3,4)23-21-45(41)65-49/h7-20,32,36,42-44,54H,21-31H2,1-6H3,(H,56,57)/t36-,42+,43-,44?,52-/m1/s1. The van der Waals surface area contributed by atoms with Crippen LogP contribution in [0.1, 0.15) is 85.8 Å². The maximum Gasteiger partial charge on any atom is 0.337 e. The molecule has 4 aromatic carbocycles. The van der Waals surface area contributed by atoms with Crippen LogP contribution in [0.2, 0.25) is 0 Å². The number of rotatable bonds is 18. The number of aliphatic hydroxyl groups excluding tert-OH is 1. The second kappa shape index (κ2) is 19.4. The molecule has 0 amide bonds. The van der Waals surface area contributed by atoms with Gasteiger partial charge in [0.1, 0.15) is 24.2 Å². The summed E-state index contributed by atoms with van der Waals surface area (Å²) in [6.07, 6.45) is 1.60. The van der Waals surface area contributed by atoms with E-state index in [1.165, 1.54) is 23.5 Å². The number of carboxylic acid groups (broad SMARTS) is 1. The zero-order valence-corrected chi connectivity index (χ0v) is 40.2. The van der Waals surface area contributed by atoms with Crippen molar-refractivity contribution in [2.75, 3.05) is 33.4 Å². The molecule has 1 unspecified atom stereocenters. The molecule has 66 heavy (non-hydrogen) atoms. The second-order valence-corrected chi connectivity index (χ2v) is 22.4. The number of carbonyl (C=O) groups excluding carboxylic acids is 1. The van der Waals surface area contributed by atoms with E-state index in [0.29, 0.717) is 36.5 Å². The fourth-order valence-electron chi connectivity index (χ4n) is 9.83. The van der Waals surface area contributed by atoms with Crippen LogP contribution in [-0.2, 0) is 54.9 Å². The highest BCUT2D eigenvalue weighted by molar-refractivity contribution is 7.89. The highest BCUT2D eigenvalue weighted by atomic mass is 32.2. The molecule has 14 heteroatoms. The van der Waals surface area contributed by atoms with Gasteiger partial charge in [-0.15, -0.1) is 11.3 Å². The average Bonchev–Trinajstić information content (AvgIpc) is 3.95. The van der Waals surface area contributed by atoms with E-state index in [4.69, 9.17) is 23.7 Å². The number of carboxylic acids is 1. The number of thiophene rings is 1. The largest absolute Gasteiger partial charge is 0.497 e. The molecule has 0 saturated carbocycles. The third-order valence-electron chi connectivity index (χ3n) is 13.4. The van der Waals surface area contributed by atoms with Crippen LogP contribution in [0.4, 0.5) is 0 Å². The zero-order chi connectivity index (χ0) is 47.0. The first-order valence-electron chi connectivity index (χ1n) is 22.8. The lowest BCUT2D eigenvalue weighted by molar-refractivity contribution is -0.181. The number of carbonyl (C=O) groups is 2. The van der Waals surface area contributed by atoms with Crippen LogP contribution in [0.5, 0.6) is 11.5 Å². The molecule has 8 rings (SSSR count). The summed E-state index contributed by atoms with van der Waals surface area (Å²) in [5.74, 6) is -2.02. The molecular formula is C52H61NO11S2. The van der Waals surface area contributed by atoms with Crippen LogP contribution < -0.4 is 9.47 Å². The number of aryl methyl sites for hydroxylation is 1. The van der Waals surface area contributed by atoms with E-state index in [9.17, 15) is 28.2 Å². The van der Waals surface area contributed by atoms with Crippen molar-refractivity contribution in [2.24, 2.45) is 23.2 Å². The van der Waals surface area contributed by atoms with E-state index >= 15 is 0 Å². The Kier molecular flexibility index (Phi) is 14.0. The van der Waals surface area contributed by atoms with Crippen molar-refractivity contribution in [1.29, 1.82) is 0 Å². The second-order valence-electron chi connectivity index (χ2n) is 19.3. The van der Waals surface area contributed by atoms with Crippen molar-refractivity contribution in [3.05, 3.63) is 112 Å². The number of methoxy groups -OCH3 is 1. The summed E-state index contributed by atoms with van der Waals surface area (Å²) in [5.41, 5.74) is 3.89. The van der Waals surface area contributed by atoms with Crippen LogP contribution in [0.15, 0.2) is 89.8 Å². The van der Waals surface area contributed by atoms with Crippen molar-refractivity contribution >= 4 is 44.1 Å². The number of hydrogen-bond donors (Lipinski definition) is 2. The minimum absolute atomic E-state index is 0.0129. The van der Waals surface area contributed by atoms with Gasteiger partial charge in [0.2, 0.25) is 10.0 Å². The molecular weight excluding hydrogens is 879 g/mol. The summed E-state index contributed by atoms with van der Waals surface area (Å²) in [7, 11) is -2.53. The third kappa shape index (κ3) is 10.2. The maximum atomic E-state index is 14.1. The summed E-state index contributed by atoms with van der Waals surface area (Å²) in [5, 5.41) is 24.6. The number of fused-ring (bicyclic) bond motifs is 3. The number of esters is 1. The van der Waals surface area contributed by atoms with E-state index in [0.717, 1.165) is 55.6 Å². The molecule has 5 atom stereocenters. The molecule has 3 heterocycles. The predicted molar refractivity (Wildman–Crippen MR) is 254 cm³/mol. The van der Waals surface area contributed by atoms with Gasteiger partial charge in [-0.25, -0.2) is 13.2 Å². The van der Waals surface area contributed by atoms with Crippen LogP contribution >= 0.6 is 11.3 Å². The average molecular weight is 940 g/mol. The summed E-state index contributed by atoms with van der Waals surface area (Å²) < 4.78 is 58.8. The van der Waals surface area contributed by atoms with Crippen molar-refractivity contribution < 1.29 is 51.9 Å². The van der Waals surface area contributed by atoms with Gasteiger partial charge < -0.3 is 33.9 Å². The lowest BCUT2D eigenvalue weighted by Gasteiger charge is -2.30. The molecule has 2 aliphatic heterocycles. The number of aromatic carboxylic acids is 1. The van der Waals surface area contributed by atoms with Crippen LogP contribution in [0.25, 0.3) is 21.2 Å². The Morgan fingerprint density at radius 1 is 0.939 bits per heavy atom. The molecule has 352 valence electrons. The van der Waals surface area contributed by atoms with Gasteiger partial charge in [-0.2, -0.15) is 4.31 Å². The molecule has 2 fully saturated rings. The Hall–Kier alpha value is -4.83. The number of nitrogens with zero attached hydrogens (tertiary/aromatic N) is 1. The van der Waals surface area contributed by atoms with E-state index in [1.807, 2.05) is 81.4 Å². The minimum Gasteiger partial charge on any atom is -0.497 e. The van der Waals surface area contributed by atoms with Gasteiger partial charge in [-0.1, -0.05) is 76.2 Å². The molecule has 0 radical (unpaired) electrons. The number of benzene rings is 4. The van der Waals surface area contributed by atoms with Crippen molar-refractivity contribution in [2.45, 2.75) is 103 Å². The minimum atomic E-state index is -4.04. The summed E-state index contributed by atoms with van der Waals surface area (Å²) in [6.45, 7) is 10.9. The third-order valence-corrected chi connectivity index (χ3v) is 16.6. The van der Waals surface area contributed by atoms with Gasteiger partial charge in [0.25, 0.3) is 0 Å². The first kappa shape index (κ1) is 47.7. The summed E-state index contributed by atoms with van der Waals surface area (Å²) in [4.78, 5) is 28.7. The SMILES string of the molecule is COc1ccc(S(=O)(=O)N(CC(C)C)C[C@@H](O)[C@@H](CC(=O)OC2CO[C@@]3(C)OCC[C@@H]23)Cc2ccc(OCc3ccc4ccccc4c3-c3sc4c(c3C(=O)O)CC(C)(C)CC4)cc2)cc1. The van der Waals surface area contributed by atoms with Crippen LogP contribution in [0.3, 0.4) is 0 Å². The molecule has 3 aliphatic rings. The molecule has 2 saturated heterocycles. The Balaban J connectivity index is 1.03. The Morgan fingerprint density at radius 3 is 2.38 bits per heavy atom. The fraction of sp³-hybridized carbons (Fsp3) is 0.462. The van der Waals surface area contributed by atoms with E-state index in [1.54, 1.807) is 23.5 Å². The molecule has 0 spiro atoms. The van der Waals surface area contributed by atoms with Crippen LogP contribution in [-0.4, -0.2) is 86.3 Å². The molecule has 2 N–H and O–H groups in total. The highest BCUT2D eigenvalue weighted by Gasteiger charge is 2.53. The van der Waals surface area contributed by atoms with E-state index in [-0.39, 0.29) is 61.3 Å². The van der Waals surface area contributed by atoms with Gasteiger partial charge in [-0.3, -0.25) is 4.79 Å². The van der Waals surface area contributed by atoms with Gasteiger partial charge in [0, 0.05) is 29.4 Å². The lowest BCUT2D eigenvalue weighted by Crippen LogP contribution is -2.43. The van der Waals surface area contributed by atoms with E-state index < -0.39 is 45.9 Å². The molecule has 5 aromatic rings. The summed E-state index contributed by atoms with van der Waals surface area (Å²) in [6, 6.07) is 25.7. The number of aliphatic hydroxyl groups is 1. The number of sulfonamides is 1. The van der Waals surface area contributed by atoms with Crippen molar-refractivity contribution in [3.63, 3.8) is 0 Å². The highest BCUT2D eigenvalue weighted by Crippen LogP contribution is 2.48. The Morgan fingerprint density at radius 2 is 1.67 bits per heavy atom. The Labute approximate surface area is 391 Å². The monoisotopic (exact) mass is 939 g/mol. The molecule has 1 aromatic heterocycles. The zero-order valence-electron chi connectivity index (χ0n) is 38.6.